The van der Waals surface area contributed by atoms with Crippen molar-refractivity contribution in [3.05, 3.63) is 18.2 Å². The zero-order valence-electron chi connectivity index (χ0n) is 21.0. The lowest BCUT2D eigenvalue weighted by atomic mass is 10.1. The number of carboxylic acids is 1. The number of nitrogens with two attached hydrogens (primary N) is 1. The summed E-state index contributed by atoms with van der Waals surface area (Å²) in [6, 6.07) is -5.32. The number of rotatable bonds is 17. The van der Waals surface area contributed by atoms with Crippen LogP contribution in [-0.4, -0.2) is 105 Å². The van der Waals surface area contributed by atoms with Crippen LogP contribution in [-0.2, 0) is 48.6 Å². The Balaban J connectivity index is 3.08. The van der Waals surface area contributed by atoms with E-state index in [0.717, 1.165) is 12.5 Å². The van der Waals surface area contributed by atoms with E-state index in [0.29, 0.717) is 4.34 Å². The quantitative estimate of drug-likeness (QED) is 0.0691. The van der Waals surface area contributed by atoms with Crippen LogP contribution in [0.25, 0.3) is 0 Å². The molecule has 0 radical (unpaired) electrons. The Morgan fingerprint density at radius 3 is 2.05 bits per heavy atom. The van der Waals surface area contributed by atoms with E-state index in [1.54, 1.807) is 0 Å². The maximum atomic E-state index is 12.9. The molecule has 23 nitrogen and oxygen atoms in total. The number of phosphoric acid groups is 1. The number of amides is 4. The molecule has 4 amide bonds. The second kappa shape index (κ2) is 15.4. The molecular formula is C16H28N7O16P3. The molecule has 238 valence electrons. The van der Waals surface area contributed by atoms with Crippen LogP contribution in [0.15, 0.2) is 12.5 Å². The molecule has 0 aliphatic carbocycles. The lowest BCUT2D eigenvalue weighted by Crippen LogP contribution is -2.57. The van der Waals surface area contributed by atoms with Gasteiger partial charge in [-0.25, -0.2) is 23.0 Å². The second-order valence-electron chi connectivity index (χ2n) is 8.21. The number of carboxylic acid groups (broad SMARTS) is 1. The SMILES string of the molecule is N[C@@H](Cc1cn(P(=O)(O)O)cn1)C(=O)N[C@@H](COP(=O)(O)O)C(=O)N[C@@H](CCC(=O)NP(=O)(O)O)C(=O)NCC(=O)O. The van der Waals surface area contributed by atoms with Crippen molar-refractivity contribution in [2.75, 3.05) is 13.2 Å². The third-order valence-electron chi connectivity index (χ3n) is 4.71. The first-order valence-corrected chi connectivity index (χ1v) is 15.8. The van der Waals surface area contributed by atoms with Crippen molar-refractivity contribution >= 4 is 52.9 Å². The van der Waals surface area contributed by atoms with Crippen molar-refractivity contribution in [1.29, 1.82) is 0 Å². The molecule has 0 aliphatic rings. The van der Waals surface area contributed by atoms with Gasteiger partial charge in [-0.15, -0.1) is 0 Å². The van der Waals surface area contributed by atoms with Crippen LogP contribution in [0.4, 0.5) is 0 Å². The number of hydrogen-bond acceptors (Lipinski definition) is 11. The summed E-state index contributed by atoms with van der Waals surface area (Å²) in [6.45, 7) is -2.16. The zero-order chi connectivity index (χ0) is 32.5. The van der Waals surface area contributed by atoms with Gasteiger partial charge in [-0.2, -0.15) is 0 Å². The number of hydrogen-bond donors (Lipinski definition) is 12. The number of nitrogens with zero attached hydrogens (tertiary/aromatic N) is 2. The number of carbonyl (C=O) groups is 5. The van der Waals surface area contributed by atoms with E-state index in [2.05, 4.69) is 9.51 Å². The predicted molar refractivity (Wildman–Crippen MR) is 133 cm³/mol. The molecule has 26 heteroatoms. The summed E-state index contributed by atoms with van der Waals surface area (Å²) in [6.07, 6.45) is -0.260. The minimum atomic E-state index is -5.24. The number of phosphoric ester groups is 1. The Kier molecular flexibility index (Phi) is 13.6. The Morgan fingerprint density at radius 2 is 1.55 bits per heavy atom. The van der Waals surface area contributed by atoms with Crippen LogP contribution < -0.4 is 26.8 Å². The smallest absolute Gasteiger partial charge is 0.469 e. The topological polar surface area (TPSA) is 379 Å². The Bertz CT molecular complexity index is 1300. The van der Waals surface area contributed by atoms with E-state index in [9.17, 15) is 37.7 Å². The molecule has 13 N–H and O–H groups in total. The third kappa shape index (κ3) is 14.7. The van der Waals surface area contributed by atoms with Crippen LogP contribution in [0.2, 0.25) is 0 Å². The van der Waals surface area contributed by atoms with E-state index in [1.165, 1.54) is 5.09 Å². The van der Waals surface area contributed by atoms with E-state index in [-0.39, 0.29) is 5.69 Å². The lowest BCUT2D eigenvalue weighted by Gasteiger charge is -2.24. The van der Waals surface area contributed by atoms with Crippen LogP contribution in [0.3, 0.4) is 0 Å². The molecule has 1 heterocycles. The van der Waals surface area contributed by atoms with Crippen molar-refractivity contribution in [3.8, 4) is 0 Å². The highest BCUT2D eigenvalue weighted by Gasteiger charge is 2.31. The van der Waals surface area contributed by atoms with Gasteiger partial charge in [0.05, 0.1) is 18.3 Å². The minimum Gasteiger partial charge on any atom is -0.480 e. The standard InChI is InChI=1S/C16H28N7O16P3/c17-9(3-8-5-23(7-19-8)41(33,34)35)14(27)21-11(6-39-42(36,37)38)16(29)20-10(15(28)18-4-13(25)26)1-2-12(24)22-40(30,31)32/h5,7,9-11H,1-4,6,17H2,(H,18,28)(H,20,29)(H,21,27)(H,25,26)(H2,33,34,35)(H2,36,37,38)(H3,22,24,30,31,32)/t9-,10-,11-/m0/s1. The molecule has 3 atom stereocenters. The van der Waals surface area contributed by atoms with Gasteiger partial charge in [0, 0.05) is 19.0 Å². The number of aromatic nitrogens is 2. The van der Waals surface area contributed by atoms with Crippen molar-refractivity contribution in [3.63, 3.8) is 0 Å². The molecule has 1 rings (SSSR count). The first-order chi connectivity index (χ1) is 19.1. The van der Waals surface area contributed by atoms with Gasteiger partial charge in [0.2, 0.25) is 23.6 Å². The molecule has 0 fully saturated rings. The third-order valence-corrected chi connectivity index (χ3v) is 6.56. The maximum absolute atomic E-state index is 12.9. The van der Waals surface area contributed by atoms with Gasteiger partial charge in [0.1, 0.15) is 25.0 Å². The first-order valence-electron chi connectivity index (χ1n) is 11.1. The summed E-state index contributed by atoms with van der Waals surface area (Å²) >= 11 is 0. The fourth-order valence-electron chi connectivity index (χ4n) is 2.87. The lowest BCUT2D eigenvalue weighted by molar-refractivity contribution is -0.138. The number of carbonyl (C=O) groups excluding carboxylic acids is 4. The minimum absolute atomic E-state index is 0.0720. The number of imidazole rings is 1. The van der Waals surface area contributed by atoms with Gasteiger partial charge in [-0.3, -0.25) is 33.6 Å². The number of nitrogens with one attached hydrogen (secondary N) is 4. The molecule has 1 aromatic heterocycles. The molecule has 0 spiro atoms. The van der Waals surface area contributed by atoms with Crippen molar-refractivity contribution in [2.24, 2.45) is 5.73 Å². The van der Waals surface area contributed by atoms with E-state index in [1.807, 2.05) is 16.0 Å². The van der Waals surface area contributed by atoms with Crippen LogP contribution in [0.5, 0.6) is 0 Å². The highest BCUT2D eigenvalue weighted by atomic mass is 31.2. The molecule has 0 saturated heterocycles. The normalized spacial score (nSPS) is 14.3. The molecule has 1 aromatic rings. The average molecular weight is 667 g/mol. The van der Waals surface area contributed by atoms with Gasteiger partial charge < -0.3 is 56.2 Å². The number of aliphatic carboxylic acids is 1. The predicted octanol–water partition coefficient (Wildman–Crippen LogP) is -5.04. The van der Waals surface area contributed by atoms with Crippen molar-refractivity contribution < 1.29 is 76.7 Å². The summed E-state index contributed by atoms with van der Waals surface area (Å²) < 4.78 is 38.0. The summed E-state index contributed by atoms with van der Waals surface area (Å²) in [4.78, 5) is 118. The van der Waals surface area contributed by atoms with Gasteiger partial charge >= 0.3 is 29.3 Å². The molecule has 0 bridgehead atoms. The Morgan fingerprint density at radius 1 is 0.952 bits per heavy atom. The van der Waals surface area contributed by atoms with E-state index >= 15 is 0 Å². The Labute approximate surface area is 234 Å². The first kappa shape index (κ1) is 37.0. The fourth-order valence-corrected chi connectivity index (χ4v) is 4.12. The fraction of sp³-hybridized carbons (Fsp3) is 0.500. The maximum Gasteiger partial charge on any atom is 0.469 e. The van der Waals surface area contributed by atoms with Crippen LogP contribution >= 0.6 is 23.3 Å². The molecule has 0 aromatic carbocycles. The summed E-state index contributed by atoms with van der Waals surface area (Å²) in [5.41, 5.74) is 5.67. The zero-order valence-corrected chi connectivity index (χ0v) is 23.7. The van der Waals surface area contributed by atoms with Gasteiger partial charge in [0.25, 0.3) is 0 Å². The monoisotopic (exact) mass is 667 g/mol. The van der Waals surface area contributed by atoms with Crippen LogP contribution in [0, 0.1) is 0 Å². The highest BCUT2D eigenvalue weighted by Crippen LogP contribution is 2.36. The van der Waals surface area contributed by atoms with Gasteiger partial charge in [-0.05, 0) is 6.42 Å². The largest absolute Gasteiger partial charge is 0.480 e. The van der Waals surface area contributed by atoms with Crippen molar-refractivity contribution in [1.82, 2.24) is 30.4 Å². The van der Waals surface area contributed by atoms with Crippen LogP contribution in [0.1, 0.15) is 18.5 Å². The van der Waals surface area contributed by atoms with E-state index < -0.39 is 103 Å². The highest BCUT2D eigenvalue weighted by molar-refractivity contribution is 7.50. The van der Waals surface area contributed by atoms with E-state index in [4.69, 9.17) is 40.2 Å². The summed E-state index contributed by atoms with van der Waals surface area (Å²) in [7, 11) is -15.0. The molecule has 0 aliphatic heterocycles. The summed E-state index contributed by atoms with van der Waals surface area (Å²) in [5, 5.41) is 15.9. The summed E-state index contributed by atoms with van der Waals surface area (Å²) in [5.74, 6) is -6.50. The molecule has 42 heavy (non-hydrogen) atoms. The van der Waals surface area contributed by atoms with Crippen molar-refractivity contribution in [2.45, 2.75) is 37.4 Å². The van der Waals surface area contributed by atoms with Gasteiger partial charge in [0.15, 0.2) is 0 Å². The Hall–Kier alpha value is -3.07. The molecular weight excluding hydrogens is 639 g/mol. The molecule has 0 saturated carbocycles. The molecule has 0 unspecified atom stereocenters. The second-order valence-corrected chi connectivity index (χ2v) is 12.2. The van der Waals surface area contributed by atoms with Gasteiger partial charge in [-0.1, -0.05) is 0 Å². The average Bonchev–Trinajstić information content (AvgIpc) is 3.29.